The van der Waals surface area contributed by atoms with E-state index in [9.17, 15) is 0 Å². The summed E-state index contributed by atoms with van der Waals surface area (Å²) >= 11 is 0. The standard InChI is InChI=1S/C91H56F6N4/c92-90(93,94)78-52-70(53-79(91(95,96)97)88(78)69-32-19-45-98-56-69)71-54-86(99-80-39-33-63(57-20-7-1-8-21-57)46-72(80)73-47-64(34-40-81(73)99)58-22-9-2-10-23-58)89(101-84-43-37-67(61-28-15-5-16-29-61)50-76(84)77-51-68(38-44-85(77)101)62-30-17-6-18-31-62)87(55-71)100-82-41-35-65(59-24-11-3-12-25-59)48-74(82)75-49-66(36-42-83(75)100)60-26-13-4-14-27-60/h1-56H. The fourth-order valence-electron chi connectivity index (χ4n) is 15.1. The first-order chi connectivity index (χ1) is 49.4. The van der Waals surface area contributed by atoms with E-state index in [-0.39, 0.29) is 16.7 Å². The minimum absolute atomic E-state index is 0.0969. The van der Waals surface area contributed by atoms with Gasteiger partial charge in [0.25, 0.3) is 0 Å². The molecule has 0 radical (unpaired) electrons. The molecule has 482 valence electrons. The first-order valence-electron chi connectivity index (χ1n) is 33.4. The van der Waals surface area contributed by atoms with E-state index in [2.05, 4.69) is 201 Å². The zero-order valence-corrected chi connectivity index (χ0v) is 53.9. The van der Waals surface area contributed by atoms with Gasteiger partial charge >= 0.3 is 12.4 Å². The maximum Gasteiger partial charge on any atom is 0.417 e. The smallest absolute Gasteiger partial charge is 0.307 e. The molecule has 0 saturated heterocycles. The quantitative estimate of drug-likeness (QED) is 0.119. The van der Waals surface area contributed by atoms with Gasteiger partial charge < -0.3 is 13.7 Å². The molecule has 0 aliphatic rings. The highest BCUT2D eigenvalue weighted by Gasteiger charge is 2.42. The van der Waals surface area contributed by atoms with Crippen molar-refractivity contribution in [3.63, 3.8) is 0 Å². The molecule has 4 aromatic heterocycles. The molecule has 18 aromatic rings. The van der Waals surface area contributed by atoms with Crippen molar-refractivity contribution in [2.45, 2.75) is 12.4 Å². The Kier molecular flexibility index (Phi) is 14.4. The summed E-state index contributed by atoms with van der Waals surface area (Å²) in [6.45, 7) is 0. The molecule has 18 rings (SSSR count). The molecule has 0 aliphatic carbocycles. The third-order valence-corrected chi connectivity index (χ3v) is 19.7. The molecule has 0 N–H and O–H groups in total. The molecule has 4 heterocycles. The van der Waals surface area contributed by atoms with Gasteiger partial charge in [0, 0.05) is 55.8 Å². The highest BCUT2D eigenvalue weighted by atomic mass is 19.4. The first-order valence-corrected chi connectivity index (χ1v) is 33.4. The van der Waals surface area contributed by atoms with Gasteiger partial charge in [-0.25, -0.2) is 0 Å². The molecule has 10 heteroatoms. The monoisotopic (exact) mass is 1320 g/mol. The minimum atomic E-state index is -5.27. The van der Waals surface area contributed by atoms with Crippen molar-refractivity contribution < 1.29 is 26.3 Å². The molecule has 0 aliphatic heterocycles. The van der Waals surface area contributed by atoms with Crippen LogP contribution in [-0.4, -0.2) is 18.7 Å². The van der Waals surface area contributed by atoms with Gasteiger partial charge in [-0.1, -0.05) is 224 Å². The van der Waals surface area contributed by atoms with Crippen molar-refractivity contribution in [1.29, 1.82) is 0 Å². The molecule has 0 atom stereocenters. The number of benzene rings is 14. The Hall–Kier alpha value is -12.8. The summed E-state index contributed by atoms with van der Waals surface area (Å²) in [7, 11) is 0. The van der Waals surface area contributed by atoms with E-state index in [4.69, 9.17) is 0 Å². The molecule has 0 amide bonds. The van der Waals surface area contributed by atoms with Crippen molar-refractivity contribution in [3.8, 4) is 106 Å². The Bertz CT molecular complexity index is 5690. The topological polar surface area (TPSA) is 27.7 Å². The lowest BCUT2D eigenvalue weighted by Crippen LogP contribution is -2.15. The van der Waals surface area contributed by atoms with E-state index < -0.39 is 29.0 Å². The summed E-state index contributed by atoms with van der Waals surface area (Å²) in [5.74, 6) is 0. The van der Waals surface area contributed by atoms with Crippen molar-refractivity contribution in [2.75, 3.05) is 0 Å². The van der Waals surface area contributed by atoms with Gasteiger partial charge in [0.1, 0.15) is 0 Å². The SMILES string of the molecule is FC(F)(F)c1cc(-c2cc(-n3c4ccc(-c5ccccc5)cc4c4cc(-c5ccccc5)ccc43)c(-n3c4ccc(-c5ccccc5)cc4c4cc(-c5ccccc5)ccc43)c(-n3c4ccc(-c5ccccc5)cc4c4cc(-c5ccccc5)ccc43)c2)cc(C(F)(F)F)c1-c1cccnc1. The summed E-state index contributed by atoms with van der Waals surface area (Å²) < 4.78 is 105. The lowest BCUT2D eigenvalue weighted by molar-refractivity contribution is -0.142. The van der Waals surface area contributed by atoms with Gasteiger partial charge in [-0.2, -0.15) is 26.3 Å². The number of hydrogen-bond donors (Lipinski definition) is 0. The maximum atomic E-state index is 16.3. The number of rotatable bonds is 11. The Morgan fingerprint density at radius 2 is 0.465 bits per heavy atom. The molecule has 0 fully saturated rings. The van der Waals surface area contributed by atoms with Gasteiger partial charge in [-0.05, 0) is 181 Å². The summed E-state index contributed by atoms with van der Waals surface area (Å²) in [5, 5.41) is 5.32. The molecule has 101 heavy (non-hydrogen) atoms. The number of alkyl halides is 6. The highest BCUT2D eigenvalue weighted by Crippen LogP contribution is 2.51. The summed E-state index contributed by atoms with van der Waals surface area (Å²) in [6, 6.07) is 107. The molecule has 14 aromatic carbocycles. The van der Waals surface area contributed by atoms with E-state index in [1.165, 1.54) is 18.3 Å². The highest BCUT2D eigenvalue weighted by molar-refractivity contribution is 6.16. The fraction of sp³-hybridized carbons (Fsp3) is 0.0220. The molecule has 4 nitrogen and oxygen atoms in total. The van der Waals surface area contributed by atoms with Crippen LogP contribution in [-0.2, 0) is 12.4 Å². The van der Waals surface area contributed by atoms with Gasteiger partial charge in [0.2, 0.25) is 0 Å². The van der Waals surface area contributed by atoms with Crippen LogP contribution in [0.3, 0.4) is 0 Å². The van der Waals surface area contributed by atoms with Crippen LogP contribution in [0.2, 0.25) is 0 Å². The fourth-order valence-corrected chi connectivity index (χ4v) is 15.1. The van der Waals surface area contributed by atoms with Crippen molar-refractivity contribution in [2.24, 2.45) is 0 Å². The van der Waals surface area contributed by atoms with Gasteiger partial charge in [-0.15, -0.1) is 0 Å². The van der Waals surface area contributed by atoms with E-state index in [0.29, 0.717) is 17.1 Å². The van der Waals surface area contributed by atoms with Crippen LogP contribution in [0.1, 0.15) is 11.1 Å². The predicted octanol–water partition coefficient (Wildman–Crippen LogP) is 25.7. The van der Waals surface area contributed by atoms with Crippen molar-refractivity contribution >= 4 is 65.4 Å². The Morgan fingerprint density at radius 1 is 0.218 bits per heavy atom. The lowest BCUT2D eigenvalue weighted by atomic mass is 9.89. The number of fused-ring (bicyclic) bond motifs is 9. The van der Waals surface area contributed by atoms with Crippen LogP contribution in [0.15, 0.2) is 340 Å². The van der Waals surface area contributed by atoms with E-state index in [0.717, 1.165) is 151 Å². The van der Waals surface area contributed by atoms with Crippen LogP contribution in [0.25, 0.3) is 171 Å². The summed E-state index contributed by atoms with van der Waals surface area (Å²) in [5.41, 5.74) is 13.4. The van der Waals surface area contributed by atoms with Gasteiger partial charge in [0.15, 0.2) is 0 Å². The van der Waals surface area contributed by atoms with Crippen LogP contribution >= 0.6 is 0 Å². The van der Waals surface area contributed by atoms with Gasteiger partial charge in [-0.3, -0.25) is 4.98 Å². The first kappa shape index (κ1) is 60.6. The van der Waals surface area contributed by atoms with Crippen LogP contribution in [0.4, 0.5) is 26.3 Å². The van der Waals surface area contributed by atoms with Gasteiger partial charge in [0.05, 0.1) is 61.3 Å². The molecular weight excluding hydrogens is 1260 g/mol. The lowest BCUT2D eigenvalue weighted by Gasteiger charge is -2.25. The third-order valence-electron chi connectivity index (χ3n) is 19.7. The second-order valence-electron chi connectivity index (χ2n) is 25.6. The Balaban J connectivity index is 1.06. The summed E-state index contributed by atoms with van der Waals surface area (Å²) in [4.78, 5) is 4.03. The van der Waals surface area contributed by atoms with Crippen molar-refractivity contribution in [1.82, 2.24) is 18.7 Å². The predicted molar refractivity (Wildman–Crippen MR) is 401 cm³/mol. The molecular formula is C91H56F6N4. The summed E-state index contributed by atoms with van der Waals surface area (Å²) in [6.07, 6.45) is -8.17. The molecule has 0 saturated carbocycles. The normalized spacial score (nSPS) is 12.1. The van der Waals surface area contributed by atoms with E-state index in [1.807, 2.05) is 109 Å². The van der Waals surface area contributed by atoms with Crippen LogP contribution < -0.4 is 0 Å². The minimum Gasteiger partial charge on any atom is -0.307 e. The number of pyridine rings is 1. The maximum absolute atomic E-state index is 16.3. The average molecular weight is 1320 g/mol. The number of halogens is 6. The van der Waals surface area contributed by atoms with Crippen molar-refractivity contribution in [3.05, 3.63) is 351 Å². The zero-order chi connectivity index (χ0) is 68.1. The molecule has 0 unspecified atom stereocenters. The zero-order valence-electron chi connectivity index (χ0n) is 53.9. The van der Waals surface area contributed by atoms with Crippen LogP contribution in [0, 0.1) is 0 Å². The largest absolute Gasteiger partial charge is 0.417 e. The second kappa shape index (κ2) is 24.0. The van der Waals surface area contributed by atoms with E-state index >= 15 is 26.3 Å². The number of nitrogens with zero attached hydrogens (tertiary/aromatic N) is 4. The third kappa shape index (κ3) is 10.5. The molecule has 0 spiro atoms. The Labute approximate surface area is 576 Å². The van der Waals surface area contributed by atoms with Crippen LogP contribution in [0.5, 0.6) is 0 Å². The average Bonchev–Trinajstić information content (AvgIpc) is 1.58. The van der Waals surface area contributed by atoms with E-state index in [1.54, 1.807) is 12.1 Å². The Morgan fingerprint density at radius 3 is 0.713 bits per heavy atom. The molecule has 0 bridgehead atoms. The number of hydrogen-bond acceptors (Lipinski definition) is 1. The number of aromatic nitrogens is 4. The second-order valence-corrected chi connectivity index (χ2v) is 25.6.